The molecule has 2 aliphatic heterocycles. The van der Waals surface area contributed by atoms with E-state index in [1.54, 1.807) is 0 Å². The van der Waals surface area contributed by atoms with E-state index in [-0.39, 0.29) is 11.2 Å². The van der Waals surface area contributed by atoms with Crippen molar-refractivity contribution in [3.8, 4) is 0 Å². The number of aromatic nitrogens is 1. The van der Waals surface area contributed by atoms with Gasteiger partial charge in [0.25, 0.3) is 0 Å². The van der Waals surface area contributed by atoms with Gasteiger partial charge >= 0.3 is 6.01 Å². The van der Waals surface area contributed by atoms with Crippen LogP contribution in [0.5, 0.6) is 0 Å². The number of hydrogen-bond donors (Lipinski definition) is 2. The standard InChI is InChI=1S/C22H27N5O2/c1-21(2)12-15-18(16(28)13-21)22(8-10-27(3)11-9-22)26-19(23-15)25-20-24-14-6-4-5-7-17(14)29-20/h4-7H,8-13H2,1-3H3,(H2,23,24,25,26). The van der Waals surface area contributed by atoms with Gasteiger partial charge in [-0.2, -0.15) is 4.98 Å². The summed E-state index contributed by atoms with van der Waals surface area (Å²) in [5.41, 5.74) is 2.91. The number of aliphatic imine (C=N–C) groups is 1. The van der Waals surface area contributed by atoms with Crippen LogP contribution in [-0.2, 0) is 4.79 Å². The third-order valence-electron chi connectivity index (χ3n) is 6.27. The lowest BCUT2D eigenvalue weighted by atomic mass is 9.68. The van der Waals surface area contributed by atoms with Crippen LogP contribution in [0.4, 0.5) is 6.01 Å². The molecule has 0 saturated carbocycles. The van der Waals surface area contributed by atoms with Crippen LogP contribution < -0.4 is 10.6 Å². The Morgan fingerprint density at radius 2 is 1.93 bits per heavy atom. The number of hydrogen-bond acceptors (Lipinski definition) is 7. The number of rotatable bonds is 1. The predicted octanol–water partition coefficient (Wildman–Crippen LogP) is 3.31. The lowest BCUT2D eigenvalue weighted by Crippen LogP contribution is -2.53. The molecule has 3 aliphatic rings. The molecule has 7 heteroatoms. The maximum absolute atomic E-state index is 13.1. The van der Waals surface area contributed by atoms with Crippen molar-refractivity contribution in [2.75, 3.05) is 25.5 Å². The number of fused-ring (bicyclic) bond motifs is 2. The van der Waals surface area contributed by atoms with Gasteiger partial charge in [0.15, 0.2) is 11.4 Å². The Kier molecular flexibility index (Phi) is 4.07. The molecule has 2 N–H and O–H groups in total. The Labute approximate surface area is 170 Å². The Balaban J connectivity index is 1.52. The molecule has 1 aromatic carbocycles. The SMILES string of the molecule is CN1CCC2(CC1)N=C(Nc1nc3ccccc3o1)NC1=C2C(=O)CC(C)(C)C1. The molecule has 0 unspecified atom stereocenters. The van der Waals surface area contributed by atoms with E-state index in [0.717, 1.165) is 54.7 Å². The highest BCUT2D eigenvalue weighted by atomic mass is 16.4. The Bertz CT molecular complexity index is 1010. The highest BCUT2D eigenvalue weighted by Crippen LogP contribution is 2.45. The summed E-state index contributed by atoms with van der Waals surface area (Å²) < 4.78 is 5.83. The maximum Gasteiger partial charge on any atom is 0.302 e. The number of carbonyl (C=O) groups excluding carboxylic acids is 1. The van der Waals surface area contributed by atoms with Gasteiger partial charge in [0.2, 0.25) is 5.96 Å². The smallest absolute Gasteiger partial charge is 0.302 e. The predicted molar refractivity (Wildman–Crippen MR) is 113 cm³/mol. The van der Waals surface area contributed by atoms with Gasteiger partial charge in [0.1, 0.15) is 5.52 Å². The summed E-state index contributed by atoms with van der Waals surface area (Å²) in [5.74, 6) is 0.850. The van der Waals surface area contributed by atoms with Crippen molar-refractivity contribution in [2.45, 2.75) is 45.1 Å². The molecular formula is C22H27N5O2. The first-order valence-corrected chi connectivity index (χ1v) is 10.3. The Morgan fingerprint density at radius 3 is 2.69 bits per heavy atom. The van der Waals surface area contributed by atoms with Crippen LogP contribution in [-0.4, -0.2) is 47.3 Å². The largest absolute Gasteiger partial charge is 0.423 e. The summed E-state index contributed by atoms with van der Waals surface area (Å²) >= 11 is 0. The number of benzene rings is 1. The van der Waals surface area contributed by atoms with Gasteiger partial charge in [-0.25, -0.2) is 4.99 Å². The van der Waals surface area contributed by atoms with Gasteiger partial charge in [-0.1, -0.05) is 26.0 Å². The molecule has 3 heterocycles. The average Bonchev–Trinajstić information content (AvgIpc) is 3.04. The Hall–Kier alpha value is -2.67. The van der Waals surface area contributed by atoms with Gasteiger partial charge in [-0.05, 0) is 43.9 Å². The molecule has 1 aliphatic carbocycles. The lowest BCUT2D eigenvalue weighted by Gasteiger charge is -2.46. The number of anilines is 1. The highest BCUT2D eigenvalue weighted by molar-refractivity contribution is 6.04. The number of nitrogens with one attached hydrogen (secondary N) is 2. The Morgan fingerprint density at radius 1 is 1.17 bits per heavy atom. The summed E-state index contributed by atoms with van der Waals surface area (Å²) in [6.45, 7) is 6.15. The van der Waals surface area contributed by atoms with Crippen LogP contribution in [0.15, 0.2) is 44.9 Å². The van der Waals surface area contributed by atoms with Gasteiger partial charge in [0.05, 0.1) is 5.54 Å². The molecule has 0 radical (unpaired) electrons. The quantitative estimate of drug-likeness (QED) is 0.774. The minimum atomic E-state index is -0.463. The molecule has 29 heavy (non-hydrogen) atoms. The van der Waals surface area contributed by atoms with Crippen molar-refractivity contribution in [3.63, 3.8) is 0 Å². The van der Waals surface area contributed by atoms with Gasteiger partial charge < -0.3 is 14.6 Å². The number of ketones is 1. The fraction of sp³-hybridized carbons (Fsp3) is 0.500. The van der Waals surface area contributed by atoms with Gasteiger partial charge in [-0.3, -0.25) is 10.1 Å². The zero-order valence-corrected chi connectivity index (χ0v) is 17.2. The number of oxazole rings is 1. The lowest BCUT2D eigenvalue weighted by molar-refractivity contribution is -0.119. The zero-order valence-electron chi connectivity index (χ0n) is 17.2. The van der Waals surface area contributed by atoms with E-state index in [1.807, 2.05) is 24.3 Å². The van der Waals surface area contributed by atoms with Crippen LogP contribution in [0.1, 0.15) is 39.5 Å². The summed E-state index contributed by atoms with van der Waals surface area (Å²) in [4.78, 5) is 25.0. The van der Waals surface area contributed by atoms with Crippen molar-refractivity contribution in [2.24, 2.45) is 10.4 Å². The van der Waals surface area contributed by atoms with E-state index in [4.69, 9.17) is 9.41 Å². The summed E-state index contributed by atoms with van der Waals surface area (Å²) in [5, 5.41) is 6.63. The summed E-state index contributed by atoms with van der Waals surface area (Å²) in [6.07, 6.45) is 3.10. The second-order valence-electron chi connectivity index (χ2n) is 9.33. The van der Waals surface area contributed by atoms with Crippen LogP contribution >= 0.6 is 0 Å². The molecule has 152 valence electrons. The molecule has 5 rings (SSSR count). The molecule has 7 nitrogen and oxygen atoms in total. The van der Waals surface area contributed by atoms with Crippen molar-refractivity contribution in [1.29, 1.82) is 0 Å². The number of likely N-dealkylation sites (tertiary alicyclic amines) is 1. The maximum atomic E-state index is 13.1. The van der Waals surface area contributed by atoms with E-state index in [2.05, 4.69) is 41.4 Å². The van der Waals surface area contributed by atoms with Crippen LogP contribution in [0, 0.1) is 5.41 Å². The number of nitrogens with zero attached hydrogens (tertiary/aromatic N) is 3. The zero-order chi connectivity index (χ0) is 20.2. The highest BCUT2D eigenvalue weighted by Gasteiger charge is 2.48. The first kappa shape index (κ1) is 18.4. The van der Waals surface area contributed by atoms with Crippen LogP contribution in [0.25, 0.3) is 11.1 Å². The van der Waals surface area contributed by atoms with Crippen molar-refractivity contribution in [3.05, 3.63) is 35.5 Å². The first-order valence-electron chi connectivity index (χ1n) is 10.3. The summed E-state index contributed by atoms with van der Waals surface area (Å²) in [7, 11) is 2.12. The molecule has 1 spiro atoms. The van der Waals surface area contributed by atoms with E-state index in [9.17, 15) is 4.79 Å². The van der Waals surface area contributed by atoms with Crippen molar-refractivity contribution in [1.82, 2.24) is 15.2 Å². The molecule has 0 amide bonds. The van der Waals surface area contributed by atoms with Gasteiger partial charge in [-0.15, -0.1) is 0 Å². The van der Waals surface area contributed by atoms with Crippen molar-refractivity contribution < 1.29 is 9.21 Å². The molecule has 1 fully saturated rings. The molecular weight excluding hydrogens is 366 g/mol. The number of para-hydroxylation sites is 2. The molecule has 2 aromatic rings. The number of allylic oxidation sites excluding steroid dienone is 1. The summed E-state index contributed by atoms with van der Waals surface area (Å²) in [6, 6.07) is 8.08. The second kappa shape index (κ2) is 6.42. The average molecular weight is 393 g/mol. The fourth-order valence-corrected chi connectivity index (χ4v) is 4.85. The third-order valence-corrected chi connectivity index (χ3v) is 6.27. The fourth-order valence-electron chi connectivity index (χ4n) is 4.85. The molecule has 0 atom stereocenters. The minimum absolute atomic E-state index is 0.0599. The minimum Gasteiger partial charge on any atom is -0.423 e. The number of Topliss-reactive ketones (excluding diaryl/α,β-unsaturated/α-hetero) is 1. The second-order valence-corrected chi connectivity index (χ2v) is 9.33. The van der Waals surface area contributed by atoms with Crippen molar-refractivity contribution >= 4 is 28.9 Å². The third kappa shape index (κ3) is 3.23. The first-order chi connectivity index (χ1) is 13.8. The molecule has 0 bridgehead atoms. The molecule has 1 aromatic heterocycles. The number of carbonyl (C=O) groups is 1. The normalized spacial score (nSPS) is 23.7. The van der Waals surface area contributed by atoms with E-state index in [1.165, 1.54) is 0 Å². The van der Waals surface area contributed by atoms with E-state index < -0.39 is 5.54 Å². The monoisotopic (exact) mass is 393 g/mol. The van der Waals surface area contributed by atoms with E-state index >= 15 is 0 Å². The topological polar surface area (TPSA) is 82.8 Å². The number of piperidine rings is 1. The van der Waals surface area contributed by atoms with E-state index in [0.29, 0.717) is 18.4 Å². The van der Waals surface area contributed by atoms with Gasteiger partial charge in [0, 0.05) is 30.8 Å². The number of guanidine groups is 1. The van der Waals surface area contributed by atoms with Crippen LogP contribution in [0.2, 0.25) is 0 Å². The van der Waals surface area contributed by atoms with Crippen LogP contribution in [0.3, 0.4) is 0 Å². The molecule has 1 saturated heterocycles.